The lowest BCUT2D eigenvalue weighted by atomic mass is 9.66. The van der Waals surface area contributed by atoms with Crippen molar-refractivity contribution in [2.24, 2.45) is 5.41 Å². The Balaban J connectivity index is 2.03. The number of benzene rings is 1. The van der Waals surface area contributed by atoms with Gasteiger partial charge in [0.15, 0.2) is 11.6 Å². The minimum absolute atomic E-state index is 0.232. The minimum Gasteiger partial charge on any atom is -0.494 e. The summed E-state index contributed by atoms with van der Waals surface area (Å²) in [6, 6.07) is 7.37. The van der Waals surface area contributed by atoms with E-state index in [9.17, 15) is 9.65 Å². The molecule has 18 heavy (non-hydrogen) atoms. The van der Waals surface area contributed by atoms with Gasteiger partial charge in [-0.3, -0.25) is 0 Å². The topological polar surface area (TPSA) is 42.2 Å². The molecule has 0 aromatic heterocycles. The molecule has 1 saturated carbocycles. The van der Waals surface area contributed by atoms with Gasteiger partial charge in [-0.2, -0.15) is 5.26 Å². The summed E-state index contributed by atoms with van der Waals surface area (Å²) in [5, 5.41) is 9.36. The van der Waals surface area contributed by atoms with Crippen molar-refractivity contribution in [2.75, 3.05) is 20.3 Å². The van der Waals surface area contributed by atoms with Crippen molar-refractivity contribution in [1.82, 2.24) is 0 Å². The molecule has 4 heteroatoms. The molecule has 3 rings (SSSR count). The van der Waals surface area contributed by atoms with Crippen molar-refractivity contribution < 1.29 is 13.9 Å². The number of nitriles is 1. The van der Waals surface area contributed by atoms with Crippen LogP contribution in [0.4, 0.5) is 4.39 Å². The highest BCUT2D eigenvalue weighted by atomic mass is 19.1. The first-order valence-corrected chi connectivity index (χ1v) is 6.00. The number of rotatable bonds is 3. The van der Waals surface area contributed by atoms with Gasteiger partial charge in [-0.25, -0.2) is 4.39 Å². The molecule has 2 fully saturated rings. The second-order valence-electron chi connectivity index (χ2n) is 5.12. The van der Waals surface area contributed by atoms with Gasteiger partial charge in [0.05, 0.1) is 37.2 Å². The third-order valence-electron chi connectivity index (χ3n) is 4.28. The average molecular weight is 247 g/mol. The van der Waals surface area contributed by atoms with Crippen molar-refractivity contribution in [2.45, 2.75) is 18.3 Å². The summed E-state index contributed by atoms with van der Waals surface area (Å²) in [5.74, 6) is -0.147. The number of ether oxygens (including phenoxy) is 2. The van der Waals surface area contributed by atoms with E-state index in [-0.39, 0.29) is 22.4 Å². The lowest BCUT2D eigenvalue weighted by Gasteiger charge is -2.45. The van der Waals surface area contributed by atoms with Crippen LogP contribution in [0, 0.1) is 22.6 Å². The Hall–Kier alpha value is -1.60. The Morgan fingerprint density at radius 1 is 1.39 bits per heavy atom. The molecule has 94 valence electrons. The zero-order chi connectivity index (χ0) is 12.8. The van der Waals surface area contributed by atoms with Crippen LogP contribution in [0.25, 0.3) is 0 Å². The number of methoxy groups -OCH3 is 1. The first-order valence-electron chi connectivity index (χ1n) is 6.00. The molecule has 2 aliphatic rings. The Morgan fingerprint density at radius 3 is 2.50 bits per heavy atom. The molecule has 0 N–H and O–H groups in total. The van der Waals surface area contributed by atoms with E-state index in [1.165, 1.54) is 13.2 Å². The van der Waals surface area contributed by atoms with Gasteiger partial charge in [0.2, 0.25) is 0 Å². The Bertz CT molecular complexity index is 527. The highest BCUT2D eigenvalue weighted by molar-refractivity contribution is 5.42. The standard InChI is InChI=1S/C14H14FNO2/c1-17-12-3-2-10(6-11(12)15)14(8-18-9-14)13(7-16)4-5-13/h2-3,6H,4-5,8-9H2,1H3. The highest BCUT2D eigenvalue weighted by Crippen LogP contribution is 2.62. The molecule has 1 aliphatic heterocycles. The molecule has 0 spiro atoms. The van der Waals surface area contributed by atoms with Crippen LogP contribution in [-0.4, -0.2) is 20.3 Å². The third-order valence-corrected chi connectivity index (χ3v) is 4.28. The molecular formula is C14H14FNO2. The van der Waals surface area contributed by atoms with Gasteiger partial charge < -0.3 is 9.47 Å². The number of nitrogens with zero attached hydrogens (tertiary/aromatic N) is 1. The quantitative estimate of drug-likeness (QED) is 0.823. The zero-order valence-electron chi connectivity index (χ0n) is 10.2. The normalized spacial score (nSPS) is 22.7. The van der Waals surface area contributed by atoms with Crippen molar-refractivity contribution >= 4 is 0 Å². The van der Waals surface area contributed by atoms with Crippen LogP contribution in [0.5, 0.6) is 5.75 Å². The van der Waals surface area contributed by atoms with E-state index >= 15 is 0 Å². The molecule has 0 radical (unpaired) electrons. The van der Waals surface area contributed by atoms with Crippen LogP contribution in [-0.2, 0) is 10.2 Å². The number of halogens is 1. The molecule has 1 heterocycles. The van der Waals surface area contributed by atoms with E-state index in [0.29, 0.717) is 13.2 Å². The second-order valence-corrected chi connectivity index (χ2v) is 5.12. The van der Waals surface area contributed by atoms with Crippen LogP contribution in [0.15, 0.2) is 18.2 Å². The van der Waals surface area contributed by atoms with Gasteiger partial charge in [-0.1, -0.05) is 6.07 Å². The summed E-state index contributed by atoms with van der Waals surface area (Å²) in [7, 11) is 1.44. The SMILES string of the molecule is COc1ccc(C2(C3(C#N)CC3)COC2)cc1F. The third kappa shape index (κ3) is 1.31. The molecule has 1 saturated heterocycles. The lowest BCUT2D eigenvalue weighted by molar-refractivity contribution is -0.0868. The molecule has 0 amide bonds. The Labute approximate surface area is 105 Å². The van der Waals surface area contributed by atoms with E-state index in [1.54, 1.807) is 6.07 Å². The van der Waals surface area contributed by atoms with E-state index in [2.05, 4.69) is 6.07 Å². The molecule has 1 aromatic rings. The van der Waals surface area contributed by atoms with Gasteiger partial charge in [-0.05, 0) is 30.5 Å². The molecule has 0 unspecified atom stereocenters. The maximum absolute atomic E-state index is 13.8. The average Bonchev–Trinajstić information content (AvgIpc) is 3.09. The van der Waals surface area contributed by atoms with E-state index in [1.807, 2.05) is 6.07 Å². The highest BCUT2D eigenvalue weighted by Gasteiger charge is 2.64. The predicted octanol–water partition coefficient (Wildman–Crippen LogP) is 2.41. The monoisotopic (exact) mass is 247 g/mol. The molecule has 1 aliphatic carbocycles. The fourth-order valence-corrected chi connectivity index (χ4v) is 2.81. The summed E-state index contributed by atoms with van der Waals surface area (Å²) in [4.78, 5) is 0. The van der Waals surface area contributed by atoms with Crippen molar-refractivity contribution in [3.8, 4) is 11.8 Å². The summed E-state index contributed by atoms with van der Waals surface area (Å²) >= 11 is 0. The van der Waals surface area contributed by atoms with Crippen molar-refractivity contribution in [1.29, 1.82) is 5.26 Å². The summed E-state index contributed by atoms with van der Waals surface area (Å²) in [6.07, 6.45) is 1.75. The summed E-state index contributed by atoms with van der Waals surface area (Å²) < 4.78 is 24.0. The molecular weight excluding hydrogens is 233 g/mol. The van der Waals surface area contributed by atoms with E-state index < -0.39 is 0 Å². The van der Waals surface area contributed by atoms with E-state index in [4.69, 9.17) is 9.47 Å². The lowest BCUT2D eigenvalue weighted by Crippen LogP contribution is -2.53. The zero-order valence-corrected chi connectivity index (χ0v) is 10.2. The maximum atomic E-state index is 13.8. The molecule has 3 nitrogen and oxygen atoms in total. The second kappa shape index (κ2) is 3.69. The predicted molar refractivity (Wildman–Crippen MR) is 62.7 cm³/mol. The van der Waals surface area contributed by atoms with Gasteiger partial charge in [-0.15, -0.1) is 0 Å². The Kier molecular flexibility index (Phi) is 2.36. The Morgan fingerprint density at radius 2 is 2.11 bits per heavy atom. The first-order chi connectivity index (χ1) is 8.67. The van der Waals surface area contributed by atoms with Crippen LogP contribution in [0.3, 0.4) is 0 Å². The largest absolute Gasteiger partial charge is 0.494 e. The smallest absolute Gasteiger partial charge is 0.165 e. The molecule has 1 aromatic carbocycles. The van der Waals surface area contributed by atoms with E-state index in [0.717, 1.165) is 18.4 Å². The molecule has 0 bridgehead atoms. The first kappa shape index (κ1) is 11.5. The number of hydrogen-bond donors (Lipinski definition) is 0. The van der Waals surface area contributed by atoms with Gasteiger partial charge in [0, 0.05) is 0 Å². The van der Waals surface area contributed by atoms with Gasteiger partial charge in [0.1, 0.15) is 0 Å². The van der Waals surface area contributed by atoms with Crippen LogP contribution in [0.1, 0.15) is 18.4 Å². The van der Waals surface area contributed by atoms with Crippen molar-refractivity contribution in [3.63, 3.8) is 0 Å². The van der Waals surface area contributed by atoms with Gasteiger partial charge >= 0.3 is 0 Å². The van der Waals surface area contributed by atoms with Crippen LogP contribution >= 0.6 is 0 Å². The van der Waals surface area contributed by atoms with Crippen molar-refractivity contribution in [3.05, 3.63) is 29.6 Å². The maximum Gasteiger partial charge on any atom is 0.165 e. The van der Waals surface area contributed by atoms with Crippen LogP contribution < -0.4 is 4.74 Å². The number of hydrogen-bond acceptors (Lipinski definition) is 3. The fourth-order valence-electron chi connectivity index (χ4n) is 2.81. The summed E-state index contributed by atoms with van der Waals surface area (Å²) in [5.41, 5.74) is 0.173. The molecule has 0 atom stereocenters. The van der Waals surface area contributed by atoms with Crippen LogP contribution in [0.2, 0.25) is 0 Å². The summed E-state index contributed by atoms with van der Waals surface area (Å²) in [6.45, 7) is 1.01. The minimum atomic E-state index is -0.380. The van der Waals surface area contributed by atoms with Gasteiger partial charge in [0.25, 0.3) is 0 Å². The fraction of sp³-hybridized carbons (Fsp3) is 0.500.